The molecule has 47 heavy (non-hydrogen) atoms. The van der Waals surface area contributed by atoms with Crippen molar-refractivity contribution in [1.82, 2.24) is 5.32 Å². The van der Waals surface area contributed by atoms with E-state index in [4.69, 9.17) is 4.74 Å². The van der Waals surface area contributed by atoms with E-state index in [-0.39, 0.29) is 46.4 Å². The number of carboxylic acid groups (broad SMARTS) is 1. The Hall–Kier alpha value is -2.48. The molecule has 1 heterocycles. The van der Waals surface area contributed by atoms with Crippen molar-refractivity contribution in [3.8, 4) is 0 Å². The molecular weight excluding hydrogens is 610 g/mol. The fourth-order valence-corrected chi connectivity index (χ4v) is 12.6. The fraction of sp³-hybridized carbons (Fsp3) is 0.744. The van der Waals surface area contributed by atoms with Crippen LogP contribution in [0.5, 0.6) is 0 Å². The second-order valence-electron chi connectivity index (χ2n) is 17.8. The van der Waals surface area contributed by atoms with Gasteiger partial charge in [-0.3, -0.25) is 19.2 Å². The number of thiophene rings is 1. The molecule has 8 heteroatoms. The second-order valence-corrected chi connectivity index (χ2v) is 18.6. The summed E-state index contributed by atoms with van der Waals surface area (Å²) in [5.74, 6) is 0.503. The molecule has 258 valence electrons. The number of esters is 1. The predicted molar refractivity (Wildman–Crippen MR) is 183 cm³/mol. The number of fused-ring (bicyclic) bond motifs is 7. The first-order valence-corrected chi connectivity index (χ1v) is 18.9. The molecule has 0 aromatic carbocycles. The van der Waals surface area contributed by atoms with Crippen molar-refractivity contribution in [2.45, 2.75) is 131 Å². The number of ketones is 1. The topological polar surface area (TPSA) is 110 Å². The highest BCUT2D eigenvalue weighted by molar-refractivity contribution is 7.08. The van der Waals surface area contributed by atoms with Gasteiger partial charge in [0.2, 0.25) is 0 Å². The SMILES string of the molecule is CC(C)C1=C2C3CCC4C(C)(CCC5C(C)(C)C(OC(=O)CC(C)(C)C(=O)O)CCC54C)C3CCC2(NC(=O)c2ccsc2)CC1=O. The van der Waals surface area contributed by atoms with Gasteiger partial charge in [0, 0.05) is 17.2 Å². The number of carbonyl (C=O) groups is 4. The van der Waals surface area contributed by atoms with Crippen molar-refractivity contribution < 1.29 is 29.0 Å². The lowest BCUT2D eigenvalue weighted by molar-refractivity contribution is -0.213. The van der Waals surface area contributed by atoms with Gasteiger partial charge < -0.3 is 15.2 Å². The molecule has 4 saturated carbocycles. The van der Waals surface area contributed by atoms with Crippen molar-refractivity contribution in [1.29, 1.82) is 0 Å². The highest BCUT2D eigenvalue weighted by Gasteiger charge is 2.67. The molecule has 0 radical (unpaired) electrons. The Kier molecular flexibility index (Phi) is 8.45. The van der Waals surface area contributed by atoms with Crippen molar-refractivity contribution >= 4 is 35.0 Å². The van der Waals surface area contributed by atoms with Crippen LogP contribution in [0, 0.1) is 51.2 Å². The number of nitrogens with one attached hydrogen (secondary N) is 1. The Labute approximate surface area is 284 Å². The fourth-order valence-electron chi connectivity index (χ4n) is 11.9. The second kappa shape index (κ2) is 11.6. The summed E-state index contributed by atoms with van der Waals surface area (Å²) in [4.78, 5) is 51.9. The van der Waals surface area contributed by atoms with E-state index in [1.54, 1.807) is 13.8 Å². The number of amides is 1. The van der Waals surface area contributed by atoms with Crippen molar-refractivity contribution in [3.63, 3.8) is 0 Å². The lowest BCUT2D eigenvalue weighted by Crippen LogP contribution is -2.64. The number of hydrogen-bond donors (Lipinski definition) is 2. The number of ether oxygens (including phenoxy) is 1. The largest absolute Gasteiger partial charge is 0.481 e. The van der Waals surface area contributed by atoms with Crippen LogP contribution in [0.25, 0.3) is 0 Å². The van der Waals surface area contributed by atoms with Gasteiger partial charge in [-0.25, -0.2) is 0 Å². The van der Waals surface area contributed by atoms with Gasteiger partial charge in [-0.15, -0.1) is 0 Å². The highest BCUT2D eigenvalue weighted by atomic mass is 32.1. The monoisotopic (exact) mass is 665 g/mol. The van der Waals surface area contributed by atoms with Crippen LogP contribution < -0.4 is 5.32 Å². The normalized spacial score (nSPS) is 37.8. The summed E-state index contributed by atoms with van der Waals surface area (Å²) < 4.78 is 6.12. The number of rotatable bonds is 7. The molecule has 7 nitrogen and oxygen atoms in total. The third kappa shape index (κ3) is 5.34. The number of carboxylic acids is 1. The van der Waals surface area contributed by atoms with Crippen molar-refractivity contribution in [2.24, 2.45) is 51.2 Å². The standard InChI is InChI=1S/C39H55NO6S/c1-22(2)31-26(41)19-39(40-33(43)23-14-18-47-21-23)17-11-25-24(32(31)39)9-10-28-37(25,7)15-12-27-36(5,6)29(13-16-38(27,28)8)46-30(42)20-35(3,4)34(44)45/h14,18,21-22,24-25,27-29H,9-13,15-17,19-20H2,1-8H3,(H,40,43)(H,44,45). The zero-order valence-electron chi connectivity index (χ0n) is 29.7. The first-order chi connectivity index (χ1) is 21.9. The number of aliphatic carboxylic acids is 1. The minimum absolute atomic E-state index is 0.0702. The summed E-state index contributed by atoms with van der Waals surface area (Å²) in [5.41, 5.74) is 1.14. The van der Waals surface area contributed by atoms with Crippen LogP contribution in [0.3, 0.4) is 0 Å². The zero-order chi connectivity index (χ0) is 34.3. The maximum absolute atomic E-state index is 13.7. The molecule has 1 aromatic heterocycles. The molecule has 8 unspecified atom stereocenters. The maximum Gasteiger partial charge on any atom is 0.309 e. The first-order valence-electron chi connectivity index (χ1n) is 17.9. The molecular formula is C39H55NO6S. The van der Waals surface area contributed by atoms with Crippen molar-refractivity contribution in [2.75, 3.05) is 0 Å². The van der Waals surface area contributed by atoms with Gasteiger partial charge in [0.15, 0.2) is 5.78 Å². The Morgan fingerprint density at radius 1 is 1.00 bits per heavy atom. The quantitative estimate of drug-likeness (QED) is 0.284. The average molecular weight is 666 g/mol. The van der Waals surface area contributed by atoms with Gasteiger partial charge in [-0.2, -0.15) is 11.3 Å². The van der Waals surface area contributed by atoms with Crippen LogP contribution in [0.15, 0.2) is 28.0 Å². The third-order valence-corrected chi connectivity index (χ3v) is 14.8. The van der Waals surface area contributed by atoms with E-state index in [1.807, 2.05) is 16.8 Å². The molecule has 4 fully saturated rings. The lowest BCUT2D eigenvalue weighted by Gasteiger charge is -2.68. The molecule has 5 aliphatic carbocycles. The molecule has 0 bridgehead atoms. The molecule has 0 saturated heterocycles. The van der Waals surface area contributed by atoms with Crippen LogP contribution in [-0.4, -0.2) is 40.4 Å². The predicted octanol–water partition coefficient (Wildman–Crippen LogP) is 8.23. The Balaban J connectivity index is 1.27. The van der Waals surface area contributed by atoms with Crippen LogP contribution >= 0.6 is 11.3 Å². The summed E-state index contributed by atoms with van der Waals surface area (Å²) in [6.45, 7) is 17.0. The number of carbonyl (C=O) groups excluding carboxylic acids is 3. The van der Waals surface area contributed by atoms with E-state index in [1.165, 1.54) is 16.9 Å². The van der Waals surface area contributed by atoms with E-state index >= 15 is 0 Å². The van der Waals surface area contributed by atoms with Crippen LogP contribution in [0.2, 0.25) is 0 Å². The van der Waals surface area contributed by atoms with E-state index in [0.29, 0.717) is 35.7 Å². The third-order valence-electron chi connectivity index (χ3n) is 14.1. The number of Topliss-reactive ketones (excluding diaryl/α,β-unsaturated/α-hetero) is 1. The van der Waals surface area contributed by atoms with Crippen molar-refractivity contribution in [3.05, 3.63) is 33.5 Å². The molecule has 1 aromatic rings. The van der Waals surface area contributed by atoms with E-state index in [2.05, 4.69) is 46.9 Å². The van der Waals surface area contributed by atoms with Gasteiger partial charge in [0.25, 0.3) is 5.91 Å². The Morgan fingerprint density at radius 3 is 2.34 bits per heavy atom. The van der Waals surface area contributed by atoms with Gasteiger partial charge in [0.05, 0.1) is 22.9 Å². The summed E-state index contributed by atoms with van der Waals surface area (Å²) in [7, 11) is 0. The molecule has 8 atom stereocenters. The highest BCUT2D eigenvalue weighted by Crippen LogP contribution is 2.72. The van der Waals surface area contributed by atoms with Crippen LogP contribution in [-0.2, 0) is 19.1 Å². The summed E-state index contributed by atoms with van der Waals surface area (Å²) in [6.07, 6.45) is 7.88. The average Bonchev–Trinajstić information content (AvgIpc) is 3.60. The van der Waals surface area contributed by atoms with Crippen LogP contribution in [0.1, 0.15) is 130 Å². The Morgan fingerprint density at radius 2 is 1.70 bits per heavy atom. The van der Waals surface area contributed by atoms with Gasteiger partial charge >= 0.3 is 11.9 Å². The summed E-state index contributed by atoms with van der Waals surface area (Å²) in [5, 5.41) is 16.8. The summed E-state index contributed by atoms with van der Waals surface area (Å²) >= 11 is 1.52. The minimum Gasteiger partial charge on any atom is -0.481 e. The molecule has 1 amide bonds. The molecule has 5 aliphatic rings. The smallest absolute Gasteiger partial charge is 0.309 e. The van der Waals surface area contributed by atoms with Gasteiger partial charge in [-0.05, 0) is 128 Å². The maximum atomic E-state index is 13.7. The lowest BCUT2D eigenvalue weighted by atomic mass is 9.37. The zero-order valence-corrected chi connectivity index (χ0v) is 30.5. The minimum atomic E-state index is -1.16. The number of allylic oxidation sites excluding steroid dienone is 1. The molecule has 6 rings (SSSR count). The van der Waals surface area contributed by atoms with Gasteiger partial charge in [0.1, 0.15) is 6.10 Å². The van der Waals surface area contributed by atoms with Crippen LogP contribution in [0.4, 0.5) is 0 Å². The van der Waals surface area contributed by atoms with E-state index in [0.717, 1.165) is 56.9 Å². The molecule has 0 spiro atoms. The number of hydrogen-bond acceptors (Lipinski definition) is 6. The summed E-state index contributed by atoms with van der Waals surface area (Å²) in [6, 6.07) is 1.87. The van der Waals surface area contributed by atoms with E-state index in [9.17, 15) is 24.3 Å². The molecule has 2 N–H and O–H groups in total. The molecule has 0 aliphatic heterocycles. The Bertz CT molecular complexity index is 1490. The first kappa shape index (κ1) is 34.4. The van der Waals surface area contributed by atoms with E-state index < -0.39 is 22.9 Å². The van der Waals surface area contributed by atoms with Gasteiger partial charge in [-0.1, -0.05) is 41.5 Å².